The molecule has 3 aliphatic heterocycles. The van der Waals surface area contributed by atoms with Crippen LogP contribution >= 0.6 is 11.3 Å². The summed E-state index contributed by atoms with van der Waals surface area (Å²) >= 11 is 1.44. The molecule has 16 heteroatoms. The predicted molar refractivity (Wildman–Crippen MR) is 242 cm³/mol. The lowest BCUT2D eigenvalue weighted by Crippen LogP contribution is -2.60. The van der Waals surface area contributed by atoms with Crippen molar-refractivity contribution in [3.63, 3.8) is 0 Å². The number of hydrogen-bond acceptors (Lipinski definition) is 12. The number of methoxy groups -OCH3 is 1. The number of amides is 2. The van der Waals surface area contributed by atoms with E-state index in [0.29, 0.717) is 62.5 Å². The molecule has 336 valence electrons. The van der Waals surface area contributed by atoms with Crippen LogP contribution in [0.4, 0.5) is 0 Å². The number of nitrogens with zero attached hydrogens (tertiary/aromatic N) is 4. The van der Waals surface area contributed by atoms with Gasteiger partial charge in [0.15, 0.2) is 9.84 Å². The van der Waals surface area contributed by atoms with Gasteiger partial charge < -0.3 is 24.1 Å². The van der Waals surface area contributed by atoms with Crippen molar-refractivity contribution >= 4 is 61.6 Å². The van der Waals surface area contributed by atoms with Gasteiger partial charge in [-0.2, -0.15) is 0 Å². The highest BCUT2D eigenvalue weighted by Crippen LogP contribution is 2.45. The van der Waals surface area contributed by atoms with Gasteiger partial charge in [0.1, 0.15) is 12.1 Å². The van der Waals surface area contributed by atoms with E-state index in [4.69, 9.17) is 24.2 Å². The Labute approximate surface area is 369 Å². The molecule has 0 radical (unpaired) electrons. The Morgan fingerprint density at radius 2 is 1.94 bits per heavy atom. The second kappa shape index (κ2) is 18.9. The van der Waals surface area contributed by atoms with Crippen molar-refractivity contribution in [2.24, 2.45) is 28.2 Å². The van der Waals surface area contributed by atoms with Gasteiger partial charge in [0.2, 0.25) is 5.91 Å². The van der Waals surface area contributed by atoms with E-state index in [1.807, 2.05) is 45.2 Å². The number of hydrazine groups is 1. The molecule has 0 unspecified atom stereocenters. The van der Waals surface area contributed by atoms with Gasteiger partial charge in [-0.05, 0) is 75.5 Å². The number of aliphatic imine (C=N–C) groups is 1. The fourth-order valence-electron chi connectivity index (χ4n) is 9.14. The summed E-state index contributed by atoms with van der Waals surface area (Å²) in [6.07, 6.45) is 5.73. The zero-order chi connectivity index (χ0) is 44.5. The maximum Gasteiger partial charge on any atom is 0.324 e. The van der Waals surface area contributed by atoms with Crippen molar-refractivity contribution in [3.8, 4) is 11.3 Å². The van der Waals surface area contributed by atoms with Crippen molar-refractivity contribution in [1.82, 2.24) is 25.3 Å². The third-order valence-electron chi connectivity index (χ3n) is 13.0. The number of carbonyl (C=O) groups is 3. The predicted octanol–water partition coefficient (Wildman–Crippen LogP) is 5.93. The summed E-state index contributed by atoms with van der Waals surface area (Å²) in [5.74, 6) is -0.340. The molecule has 1 aromatic carbocycles. The quantitative estimate of drug-likeness (QED) is 0.134. The highest BCUT2D eigenvalue weighted by molar-refractivity contribution is 7.91. The van der Waals surface area contributed by atoms with Gasteiger partial charge in [-0.3, -0.25) is 24.4 Å². The van der Waals surface area contributed by atoms with Gasteiger partial charge in [0.05, 0.1) is 59.0 Å². The number of rotatable bonds is 11. The Kier molecular flexibility index (Phi) is 13.9. The Morgan fingerprint density at radius 1 is 1.19 bits per heavy atom. The number of carbonyl (C=O) groups excluding carboxylic acids is 3. The molecule has 3 fully saturated rings. The van der Waals surface area contributed by atoms with Gasteiger partial charge >= 0.3 is 5.97 Å². The summed E-state index contributed by atoms with van der Waals surface area (Å²) in [5.41, 5.74) is 8.53. The van der Waals surface area contributed by atoms with E-state index in [-0.39, 0.29) is 66.3 Å². The molecule has 6 atom stereocenters. The minimum Gasteiger partial charge on any atom is -0.464 e. The number of fused-ring (bicyclic) bond motifs is 6. The topological polar surface area (TPSA) is 171 Å². The molecule has 6 bridgehead atoms. The Morgan fingerprint density at radius 3 is 2.61 bits per heavy atom. The number of esters is 1. The van der Waals surface area contributed by atoms with Crippen LogP contribution in [0.1, 0.15) is 83.5 Å². The van der Waals surface area contributed by atoms with E-state index in [1.54, 1.807) is 13.3 Å². The molecule has 2 aromatic heterocycles. The number of nitrogens with one attached hydrogen (secondary N) is 2. The number of allylic oxidation sites excluding steroid dienone is 2. The first-order chi connectivity index (χ1) is 29.5. The van der Waals surface area contributed by atoms with Crippen LogP contribution in [0.15, 0.2) is 46.9 Å². The molecule has 4 aliphatic rings. The molecular formula is C46H62N6O8S2. The summed E-state index contributed by atoms with van der Waals surface area (Å²) in [5, 5.41) is 8.19. The molecule has 2 amide bonds. The molecule has 2 saturated heterocycles. The van der Waals surface area contributed by atoms with Crippen LogP contribution in [-0.4, -0.2) is 110 Å². The maximum atomic E-state index is 14.2. The van der Waals surface area contributed by atoms with Crippen LogP contribution in [0.5, 0.6) is 0 Å². The van der Waals surface area contributed by atoms with Crippen molar-refractivity contribution < 1.29 is 37.0 Å². The smallest absolute Gasteiger partial charge is 0.324 e. The number of hydrogen-bond donors (Lipinski definition) is 2. The molecular weight excluding hydrogens is 829 g/mol. The fraction of sp³-hybridized carbons (Fsp3) is 0.587. The first-order valence-corrected chi connectivity index (χ1v) is 24.6. The number of ether oxygens (including phenoxy) is 3. The summed E-state index contributed by atoms with van der Waals surface area (Å²) in [7, 11) is -1.39. The van der Waals surface area contributed by atoms with Crippen molar-refractivity contribution in [2.45, 2.75) is 111 Å². The maximum absolute atomic E-state index is 14.2. The third-order valence-corrected chi connectivity index (χ3v) is 15.6. The molecule has 2 N–H and O–H groups in total. The van der Waals surface area contributed by atoms with Crippen LogP contribution in [0.3, 0.4) is 0 Å². The van der Waals surface area contributed by atoms with Crippen molar-refractivity contribution in [3.05, 3.63) is 58.2 Å². The minimum absolute atomic E-state index is 0.102. The van der Waals surface area contributed by atoms with Crippen LogP contribution < -0.4 is 10.7 Å². The van der Waals surface area contributed by atoms with Crippen LogP contribution in [0, 0.1) is 23.2 Å². The fourth-order valence-corrected chi connectivity index (χ4v) is 11.4. The van der Waals surface area contributed by atoms with Crippen LogP contribution in [0.25, 0.3) is 27.7 Å². The second-order valence-electron chi connectivity index (χ2n) is 18.1. The van der Waals surface area contributed by atoms with Gasteiger partial charge in [0, 0.05) is 71.6 Å². The summed E-state index contributed by atoms with van der Waals surface area (Å²) < 4.78 is 45.0. The van der Waals surface area contributed by atoms with E-state index in [9.17, 15) is 22.8 Å². The number of cyclic esters (lactones) is 1. The zero-order valence-corrected chi connectivity index (χ0v) is 38.7. The van der Waals surface area contributed by atoms with E-state index >= 15 is 0 Å². The summed E-state index contributed by atoms with van der Waals surface area (Å²) in [6.45, 7) is 17.6. The van der Waals surface area contributed by atoms with Crippen molar-refractivity contribution in [1.29, 1.82) is 0 Å². The molecule has 1 aliphatic carbocycles. The molecule has 1 saturated carbocycles. The molecule has 14 nitrogen and oxygen atoms in total. The van der Waals surface area contributed by atoms with Gasteiger partial charge in [-0.15, -0.1) is 11.3 Å². The highest BCUT2D eigenvalue weighted by Gasteiger charge is 2.49. The molecule has 7 rings (SSSR count). The molecule has 5 heterocycles. The SMILES string of the molecule is C=C/C(=C(\N=C/C)[C@H](C)OC)c1c2c3cc(ccc3n1CCOC1CCS(=O)(=O)CC1)-c1csc(n1)C[C@H](NC(=O)[C@H]1[C@H](C)[C@@H]1C)C(=O)N1CCC[C@H](N1)C(=O)OCC(C)(C)C2. The second-order valence-corrected chi connectivity index (χ2v) is 21.3. The first kappa shape index (κ1) is 45.8. The van der Waals surface area contributed by atoms with E-state index in [1.165, 1.54) is 16.3 Å². The first-order valence-electron chi connectivity index (χ1n) is 21.9. The number of benzene rings is 1. The lowest BCUT2D eigenvalue weighted by atomic mass is 9.84. The van der Waals surface area contributed by atoms with Crippen LogP contribution in [-0.2, 0) is 57.8 Å². The van der Waals surface area contributed by atoms with Gasteiger partial charge in [-0.1, -0.05) is 46.4 Å². The van der Waals surface area contributed by atoms with E-state index in [2.05, 4.69) is 47.9 Å². The Balaban J connectivity index is 1.35. The highest BCUT2D eigenvalue weighted by atomic mass is 32.2. The monoisotopic (exact) mass is 890 g/mol. The van der Waals surface area contributed by atoms with Gasteiger partial charge in [-0.25, -0.2) is 18.8 Å². The molecule has 3 aromatic rings. The standard InChI is InChI=1S/C46H62N6O8S2/c1-9-32(41(47-10-2)29(5)58-8)42-34-24-46(6,7)26-60-45(55)35-12-11-17-52(50-35)44(54)36(49-43(53)40-27(3)28(40)4)23-39-48-37(25-61-39)30-13-14-38(33(34)22-30)51(42)18-19-59-31-15-20-62(56,57)21-16-31/h9-10,13-14,22,25,27-29,31,35-36,40,50H,1,11-12,15-21,23-24,26H2,2-8H3,(H,49,53)/b41-32+,47-10-/t27-,28+,29-,35-,36-,40+/m0/s1. The van der Waals surface area contributed by atoms with E-state index < -0.39 is 33.3 Å². The van der Waals surface area contributed by atoms with Crippen molar-refractivity contribution in [2.75, 3.05) is 38.4 Å². The normalized spacial score (nSPS) is 26.4. The third kappa shape index (κ3) is 9.94. The van der Waals surface area contributed by atoms with E-state index in [0.717, 1.165) is 39.0 Å². The Hall–Kier alpha value is -4.22. The number of thiazole rings is 1. The largest absolute Gasteiger partial charge is 0.464 e. The summed E-state index contributed by atoms with van der Waals surface area (Å²) in [4.78, 5) is 51.4. The van der Waals surface area contributed by atoms with Crippen LogP contribution in [0.2, 0.25) is 0 Å². The minimum atomic E-state index is -3.04. The average molecular weight is 891 g/mol. The van der Waals surface area contributed by atoms with Gasteiger partial charge in [0.25, 0.3) is 5.91 Å². The molecule has 62 heavy (non-hydrogen) atoms. The zero-order valence-electron chi connectivity index (χ0n) is 37.1. The Bertz CT molecular complexity index is 2340. The number of sulfone groups is 1. The summed E-state index contributed by atoms with van der Waals surface area (Å²) in [6, 6.07) is 4.65. The lowest BCUT2D eigenvalue weighted by Gasteiger charge is -2.35. The average Bonchev–Trinajstić information content (AvgIpc) is 3.50. The lowest BCUT2D eigenvalue weighted by molar-refractivity contribution is -0.155. The number of aromatic nitrogens is 2. The molecule has 0 spiro atoms.